The van der Waals surface area contributed by atoms with Crippen molar-refractivity contribution in [1.82, 2.24) is 54.9 Å². The second kappa shape index (κ2) is 17.4. The van der Waals surface area contributed by atoms with Crippen molar-refractivity contribution in [2.75, 3.05) is 99.4 Å². The summed E-state index contributed by atoms with van der Waals surface area (Å²) in [5.41, 5.74) is 9.42. The fourth-order valence-corrected chi connectivity index (χ4v) is 10.7. The maximum Gasteiger partial charge on any atom is 0.409 e. The highest BCUT2D eigenvalue weighted by molar-refractivity contribution is 6.02. The summed E-state index contributed by atoms with van der Waals surface area (Å²) in [5.74, 6) is -0.444. The summed E-state index contributed by atoms with van der Waals surface area (Å²) in [5, 5.41) is 15.2. The van der Waals surface area contributed by atoms with E-state index in [0.29, 0.717) is 98.1 Å². The number of imide groups is 1. The van der Waals surface area contributed by atoms with E-state index in [1.807, 2.05) is 37.8 Å². The maximum atomic E-state index is 15.3. The second-order valence-corrected chi connectivity index (χ2v) is 20.6. The molecule has 0 bridgehead atoms. The van der Waals surface area contributed by atoms with Crippen LogP contribution in [-0.2, 0) is 19.9 Å². The quantitative estimate of drug-likeness (QED) is 0.158. The van der Waals surface area contributed by atoms with E-state index in [0.717, 1.165) is 63.3 Å². The molecule has 0 unspecified atom stereocenters. The van der Waals surface area contributed by atoms with Crippen molar-refractivity contribution in [3.05, 3.63) is 48.2 Å². The van der Waals surface area contributed by atoms with Crippen LogP contribution in [0.4, 0.5) is 36.5 Å². The van der Waals surface area contributed by atoms with Crippen LogP contribution in [-0.4, -0.2) is 158 Å². The van der Waals surface area contributed by atoms with E-state index in [2.05, 4.69) is 40.5 Å². The molecule has 0 radical (unpaired) electrons. The predicted octanol–water partition coefficient (Wildman–Crippen LogP) is 4.19. The number of fused-ring (bicyclic) bond motifs is 1. The Morgan fingerprint density at radius 1 is 0.913 bits per heavy atom. The van der Waals surface area contributed by atoms with Gasteiger partial charge in [-0.2, -0.15) is 5.10 Å². The first-order valence-corrected chi connectivity index (χ1v) is 24.0. The molecule has 5 aromatic rings. The van der Waals surface area contributed by atoms with Gasteiger partial charge in [0, 0.05) is 88.4 Å². The number of likely N-dealkylation sites (tertiary alicyclic amines) is 2. The molecule has 364 valence electrons. The zero-order valence-electron chi connectivity index (χ0n) is 39.1. The Balaban J connectivity index is 0.616. The largest absolute Gasteiger partial charge is 0.448 e. The number of piperazine rings is 1. The highest BCUT2D eigenvalue weighted by Crippen LogP contribution is 2.48. The van der Waals surface area contributed by atoms with Gasteiger partial charge in [-0.05, 0) is 78.1 Å². The standard InChI is InChI=1S/C47H57F2N15O5/c1-46(2,3)64-43-36(41(50)53-26-54-43)37(57-64)38-35(40(69-58-38)27-4-5-27)42-51-20-30(21-52-42)62-22-47(23-62)24-63(25-47)45(67)68-17-16-59-10-8-29(9-11-59)60-12-14-61(15-13-60)39-31(48)18-28(19-32(39)49)55-33-6-7-34(65)56-44(33)66/h18-21,26-27,29,33,55H,4-17,22-25H2,1-3H3,(H2,50,53,54)(H,56,65,66)/t33-/m0/s1. The molecule has 6 aliphatic rings. The molecular weight excluding hydrogens is 893 g/mol. The van der Waals surface area contributed by atoms with Crippen LogP contribution in [0.15, 0.2) is 35.4 Å². The molecular formula is C47H57F2N15O5. The molecule has 20 nitrogen and oxygen atoms in total. The highest BCUT2D eigenvalue weighted by Gasteiger charge is 2.54. The minimum Gasteiger partial charge on any atom is -0.448 e. The minimum absolute atomic E-state index is 0.0184. The third-order valence-corrected chi connectivity index (χ3v) is 14.5. The lowest BCUT2D eigenvalue weighted by atomic mass is 9.73. The summed E-state index contributed by atoms with van der Waals surface area (Å²) in [6.07, 6.45) is 9.18. The monoisotopic (exact) mass is 949 g/mol. The lowest BCUT2D eigenvalue weighted by Crippen LogP contribution is -2.73. The van der Waals surface area contributed by atoms with E-state index < -0.39 is 23.6 Å². The Labute approximate surface area is 396 Å². The molecule has 1 atom stereocenters. The third kappa shape index (κ3) is 8.65. The van der Waals surface area contributed by atoms with Crippen molar-refractivity contribution < 1.29 is 32.4 Å². The maximum absolute atomic E-state index is 15.3. The lowest BCUT2D eigenvalue weighted by molar-refractivity contribution is -0.133. The third-order valence-electron chi connectivity index (χ3n) is 14.5. The number of carbonyl (C=O) groups is 3. The van der Waals surface area contributed by atoms with Crippen LogP contribution >= 0.6 is 0 Å². The average molecular weight is 950 g/mol. The van der Waals surface area contributed by atoms with Crippen molar-refractivity contribution in [2.24, 2.45) is 5.41 Å². The number of nitrogen functional groups attached to an aromatic ring is 1. The van der Waals surface area contributed by atoms with Crippen molar-refractivity contribution in [3.8, 4) is 22.8 Å². The molecule has 1 aromatic carbocycles. The first kappa shape index (κ1) is 44.9. The van der Waals surface area contributed by atoms with Gasteiger partial charge in [-0.3, -0.25) is 24.7 Å². The van der Waals surface area contributed by atoms with E-state index in [1.54, 1.807) is 9.80 Å². The number of piperidine rings is 2. The Morgan fingerprint density at radius 2 is 1.62 bits per heavy atom. The summed E-state index contributed by atoms with van der Waals surface area (Å²) in [7, 11) is 0. The zero-order valence-corrected chi connectivity index (χ0v) is 39.1. The van der Waals surface area contributed by atoms with Crippen molar-refractivity contribution in [3.63, 3.8) is 0 Å². The number of carbonyl (C=O) groups excluding carboxylic acids is 3. The first-order valence-electron chi connectivity index (χ1n) is 24.0. The van der Waals surface area contributed by atoms with Gasteiger partial charge in [0.2, 0.25) is 11.8 Å². The van der Waals surface area contributed by atoms with E-state index in [-0.39, 0.29) is 53.1 Å². The molecule has 6 fully saturated rings. The summed E-state index contributed by atoms with van der Waals surface area (Å²) in [6, 6.07) is 2.07. The molecule has 4 N–H and O–H groups in total. The molecule has 1 saturated carbocycles. The summed E-state index contributed by atoms with van der Waals surface area (Å²) in [4.78, 5) is 65.5. The zero-order chi connectivity index (χ0) is 47.8. The summed E-state index contributed by atoms with van der Waals surface area (Å²) >= 11 is 0. The number of amides is 3. The Hall–Kier alpha value is -6.55. The van der Waals surface area contributed by atoms with Gasteiger partial charge in [0.25, 0.3) is 0 Å². The van der Waals surface area contributed by atoms with Gasteiger partial charge in [0.1, 0.15) is 41.9 Å². The number of aromatic nitrogens is 7. The van der Waals surface area contributed by atoms with Gasteiger partial charge in [-0.1, -0.05) is 5.16 Å². The van der Waals surface area contributed by atoms with Gasteiger partial charge in [0.05, 0.1) is 34.6 Å². The predicted molar refractivity (Wildman–Crippen MR) is 250 cm³/mol. The molecule has 3 amide bonds. The van der Waals surface area contributed by atoms with Crippen LogP contribution in [0.3, 0.4) is 0 Å². The number of hydrogen-bond donors (Lipinski definition) is 3. The minimum atomic E-state index is -0.728. The molecule has 11 rings (SSSR count). The topological polar surface area (TPSA) is 222 Å². The van der Waals surface area contributed by atoms with Gasteiger partial charge in [0.15, 0.2) is 28.9 Å². The van der Waals surface area contributed by atoms with Crippen LogP contribution in [0.1, 0.15) is 71.0 Å². The van der Waals surface area contributed by atoms with Crippen LogP contribution in [0.2, 0.25) is 0 Å². The number of benzene rings is 1. The summed E-state index contributed by atoms with van der Waals surface area (Å²) < 4.78 is 44.1. The molecule has 4 aromatic heterocycles. The smallest absolute Gasteiger partial charge is 0.409 e. The van der Waals surface area contributed by atoms with E-state index in [9.17, 15) is 14.4 Å². The number of hydrogen-bond acceptors (Lipinski definition) is 17. The fourth-order valence-electron chi connectivity index (χ4n) is 10.7. The number of halogens is 2. The molecule has 69 heavy (non-hydrogen) atoms. The molecule has 22 heteroatoms. The van der Waals surface area contributed by atoms with Crippen molar-refractivity contribution in [1.29, 1.82) is 0 Å². The fraction of sp³-hybridized carbons (Fsp3) is 0.553. The number of nitrogens with two attached hydrogens (primary N) is 1. The van der Waals surface area contributed by atoms with E-state index >= 15 is 8.78 Å². The Morgan fingerprint density at radius 3 is 2.29 bits per heavy atom. The van der Waals surface area contributed by atoms with E-state index in [4.69, 9.17) is 30.1 Å². The molecule has 9 heterocycles. The SMILES string of the molecule is CC(C)(C)n1nc(-c2noc(C3CC3)c2-c2ncc(N3CC4(CN(C(=O)OCCN5CCC(N6CCN(c7c(F)cc(N[C@H]8CCC(=O)NC8=O)cc7F)CC6)CC5)C4)C3)cn2)c2c(N)ncnc21. The Bertz CT molecular complexity index is 2760. The second-order valence-electron chi connectivity index (χ2n) is 20.6. The van der Waals surface area contributed by atoms with Gasteiger partial charge in [-0.15, -0.1) is 0 Å². The highest BCUT2D eigenvalue weighted by atomic mass is 19.1. The number of anilines is 4. The number of nitrogens with zero attached hydrogens (tertiary/aromatic N) is 12. The normalized spacial score (nSPS) is 21.4. The first-order chi connectivity index (χ1) is 33.2. The van der Waals surface area contributed by atoms with Crippen molar-refractivity contribution in [2.45, 2.75) is 82.8 Å². The molecule has 1 spiro atoms. The number of nitrogens with one attached hydrogen (secondary N) is 2. The molecule has 1 aliphatic carbocycles. The van der Waals surface area contributed by atoms with Crippen molar-refractivity contribution >= 4 is 51.8 Å². The van der Waals surface area contributed by atoms with Gasteiger partial charge in [-0.25, -0.2) is 38.2 Å². The van der Waals surface area contributed by atoms with Crippen LogP contribution in [0.25, 0.3) is 33.8 Å². The molecule has 5 saturated heterocycles. The number of ether oxygens (including phenoxy) is 1. The van der Waals surface area contributed by atoms with E-state index in [1.165, 1.54) is 18.5 Å². The number of rotatable bonds is 11. The van der Waals surface area contributed by atoms with Crippen LogP contribution < -0.4 is 26.2 Å². The Kier molecular flexibility index (Phi) is 11.4. The van der Waals surface area contributed by atoms with Crippen LogP contribution in [0.5, 0.6) is 0 Å². The summed E-state index contributed by atoms with van der Waals surface area (Å²) in [6.45, 7) is 14.1. The average Bonchev–Trinajstić information content (AvgIpc) is 3.91. The van der Waals surface area contributed by atoms with Gasteiger partial charge < -0.3 is 35.0 Å². The lowest BCUT2D eigenvalue weighted by Gasteiger charge is -2.60. The molecule has 5 aliphatic heterocycles. The van der Waals surface area contributed by atoms with Gasteiger partial charge >= 0.3 is 6.09 Å². The van der Waals surface area contributed by atoms with Crippen LogP contribution in [0, 0.1) is 17.0 Å².